The van der Waals surface area contributed by atoms with Crippen LogP contribution in [-0.4, -0.2) is 38.9 Å². The molecule has 4 rings (SSSR count). The van der Waals surface area contributed by atoms with Crippen LogP contribution in [0.25, 0.3) is 22.6 Å². The number of non-ortho nitro benzene ring substituents is 1. The molecule has 0 radical (unpaired) electrons. The van der Waals surface area contributed by atoms with Crippen LogP contribution in [0.4, 0.5) is 11.5 Å². The maximum absolute atomic E-state index is 10.9. The fourth-order valence-corrected chi connectivity index (χ4v) is 4.20. The van der Waals surface area contributed by atoms with E-state index in [9.17, 15) is 15.2 Å². The van der Waals surface area contributed by atoms with Gasteiger partial charge in [-0.15, -0.1) is 11.8 Å². The molecule has 28 heavy (non-hydrogen) atoms. The lowest BCUT2D eigenvalue weighted by Crippen LogP contribution is -2.12. The molecule has 142 valence electrons. The molecule has 0 atom stereocenters. The second-order valence-electron chi connectivity index (χ2n) is 6.27. The Morgan fingerprint density at radius 2 is 1.93 bits per heavy atom. The first-order chi connectivity index (χ1) is 13.7. The fraction of sp³-hybridized carbons (Fsp3) is 0.200. The highest BCUT2D eigenvalue weighted by molar-refractivity contribution is 7.99. The zero-order valence-electron chi connectivity index (χ0n) is 15.0. The molecule has 0 spiro atoms. The SMILES string of the molecule is O=[N+]([O-])c1ccc(-c2nc(NCCO)c3c(n2)-c2ccccc2SCC3)cc1. The molecule has 1 aromatic heterocycles. The van der Waals surface area contributed by atoms with E-state index < -0.39 is 4.92 Å². The van der Waals surface area contributed by atoms with E-state index in [4.69, 9.17) is 4.98 Å². The zero-order chi connectivity index (χ0) is 19.5. The molecule has 0 aliphatic carbocycles. The van der Waals surface area contributed by atoms with Gasteiger partial charge in [0, 0.05) is 46.0 Å². The van der Waals surface area contributed by atoms with Crippen molar-refractivity contribution in [1.82, 2.24) is 9.97 Å². The third kappa shape index (κ3) is 3.56. The number of aliphatic hydroxyl groups excluding tert-OH is 1. The van der Waals surface area contributed by atoms with E-state index in [2.05, 4.69) is 22.4 Å². The van der Waals surface area contributed by atoms with Gasteiger partial charge in [-0.25, -0.2) is 9.97 Å². The Bertz CT molecular complexity index is 1020. The minimum atomic E-state index is -0.427. The second kappa shape index (κ2) is 7.95. The van der Waals surface area contributed by atoms with Gasteiger partial charge in [-0.3, -0.25) is 10.1 Å². The summed E-state index contributed by atoms with van der Waals surface area (Å²) in [5, 5.41) is 23.4. The van der Waals surface area contributed by atoms with Crippen LogP contribution in [0.2, 0.25) is 0 Å². The van der Waals surface area contributed by atoms with Crippen LogP contribution in [0.15, 0.2) is 53.4 Å². The molecule has 0 unspecified atom stereocenters. The first kappa shape index (κ1) is 18.4. The summed E-state index contributed by atoms with van der Waals surface area (Å²) in [6.45, 7) is 0.384. The average molecular weight is 394 g/mol. The van der Waals surface area contributed by atoms with Gasteiger partial charge in [-0.2, -0.15) is 0 Å². The molecular weight excluding hydrogens is 376 g/mol. The lowest BCUT2D eigenvalue weighted by atomic mass is 10.0. The van der Waals surface area contributed by atoms with Crippen molar-refractivity contribution in [3.63, 3.8) is 0 Å². The zero-order valence-corrected chi connectivity index (χ0v) is 15.8. The Morgan fingerprint density at radius 1 is 1.14 bits per heavy atom. The summed E-state index contributed by atoms with van der Waals surface area (Å²) in [6, 6.07) is 14.4. The summed E-state index contributed by atoms with van der Waals surface area (Å²) in [5.74, 6) is 2.11. The molecule has 2 aromatic carbocycles. The van der Waals surface area contributed by atoms with E-state index >= 15 is 0 Å². The molecule has 2 N–H and O–H groups in total. The van der Waals surface area contributed by atoms with Gasteiger partial charge in [0.1, 0.15) is 5.82 Å². The van der Waals surface area contributed by atoms with Gasteiger partial charge >= 0.3 is 0 Å². The Labute approximate surface area is 166 Å². The van der Waals surface area contributed by atoms with Crippen molar-refractivity contribution in [1.29, 1.82) is 0 Å². The number of hydrogen-bond donors (Lipinski definition) is 2. The van der Waals surface area contributed by atoms with E-state index in [-0.39, 0.29) is 12.3 Å². The van der Waals surface area contributed by atoms with Crippen molar-refractivity contribution >= 4 is 23.3 Å². The van der Waals surface area contributed by atoms with Crippen LogP contribution >= 0.6 is 11.8 Å². The van der Waals surface area contributed by atoms with Crippen molar-refractivity contribution in [2.75, 3.05) is 24.2 Å². The van der Waals surface area contributed by atoms with Crippen LogP contribution in [0.1, 0.15) is 5.56 Å². The number of thioether (sulfide) groups is 1. The van der Waals surface area contributed by atoms with E-state index in [0.717, 1.165) is 29.0 Å². The second-order valence-corrected chi connectivity index (χ2v) is 7.41. The summed E-state index contributed by atoms with van der Waals surface area (Å²) < 4.78 is 0. The van der Waals surface area contributed by atoms with Crippen molar-refractivity contribution < 1.29 is 10.0 Å². The highest BCUT2D eigenvalue weighted by Gasteiger charge is 2.22. The number of nitrogens with one attached hydrogen (secondary N) is 1. The molecule has 0 amide bonds. The highest BCUT2D eigenvalue weighted by atomic mass is 32.2. The van der Waals surface area contributed by atoms with Gasteiger partial charge in [0.25, 0.3) is 5.69 Å². The molecule has 2 heterocycles. The number of aliphatic hydroxyl groups is 1. The number of nitro benzene ring substituents is 1. The lowest BCUT2D eigenvalue weighted by Gasteiger charge is -2.15. The number of rotatable bonds is 5. The smallest absolute Gasteiger partial charge is 0.269 e. The minimum Gasteiger partial charge on any atom is -0.395 e. The maximum Gasteiger partial charge on any atom is 0.269 e. The molecule has 1 aliphatic heterocycles. The molecule has 0 saturated carbocycles. The van der Waals surface area contributed by atoms with Gasteiger partial charge in [0.15, 0.2) is 5.82 Å². The van der Waals surface area contributed by atoms with Gasteiger partial charge in [-0.05, 0) is 24.6 Å². The molecule has 0 bridgehead atoms. The number of aromatic nitrogens is 2. The Kier molecular flexibility index (Phi) is 5.23. The van der Waals surface area contributed by atoms with Crippen LogP contribution in [0.3, 0.4) is 0 Å². The fourth-order valence-electron chi connectivity index (χ4n) is 3.18. The number of anilines is 1. The van der Waals surface area contributed by atoms with E-state index in [0.29, 0.717) is 23.8 Å². The van der Waals surface area contributed by atoms with E-state index in [1.54, 1.807) is 23.9 Å². The van der Waals surface area contributed by atoms with E-state index in [1.807, 2.05) is 12.1 Å². The number of hydrogen-bond acceptors (Lipinski definition) is 7. The van der Waals surface area contributed by atoms with Gasteiger partial charge in [0.05, 0.1) is 17.2 Å². The molecular formula is C20H18N4O3S. The standard InChI is InChI=1S/C20H18N4O3S/c25-11-10-21-20-16-9-12-28-17-4-2-1-3-15(17)18(16)22-19(23-20)13-5-7-14(8-6-13)24(26)27/h1-8,25H,9-12H2,(H,21,22,23). The van der Waals surface area contributed by atoms with Crippen LogP contribution < -0.4 is 5.32 Å². The Balaban J connectivity index is 1.87. The molecule has 0 fully saturated rings. The first-order valence-corrected chi connectivity index (χ1v) is 9.88. The predicted octanol–water partition coefficient (Wildman–Crippen LogP) is 3.77. The number of fused-ring (bicyclic) bond motifs is 3. The summed E-state index contributed by atoms with van der Waals surface area (Å²) in [6.07, 6.45) is 0.809. The molecule has 3 aromatic rings. The van der Waals surface area contributed by atoms with Crippen molar-refractivity contribution in [3.05, 3.63) is 64.2 Å². The lowest BCUT2D eigenvalue weighted by molar-refractivity contribution is -0.384. The average Bonchev–Trinajstić information content (AvgIpc) is 2.91. The Hall–Kier alpha value is -2.97. The quantitative estimate of drug-likeness (QED) is 0.502. The highest BCUT2D eigenvalue weighted by Crippen LogP contribution is 2.39. The summed E-state index contributed by atoms with van der Waals surface area (Å²) in [5.41, 5.74) is 3.67. The molecule has 0 saturated heterocycles. The van der Waals surface area contributed by atoms with Crippen molar-refractivity contribution in [2.24, 2.45) is 0 Å². The predicted molar refractivity (Wildman–Crippen MR) is 110 cm³/mol. The summed E-state index contributed by atoms with van der Waals surface area (Å²) >= 11 is 1.79. The third-order valence-corrected chi connectivity index (χ3v) is 5.57. The molecule has 1 aliphatic rings. The van der Waals surface area contributed by atoms with Crippen molar-refractivity contribution in [2.45, 2.75) is 11.3 Å². The largest absolute Gasteiger partial charge is 0.395 e. The number of nitrogens with zero attached hydrogens (tertiary/aromatic N) is 3. The number of nitro groups is 1. The number of benzene rings is 2. The van der Waals surface area contributed by atoms with Gasteiger partial charge in [-0.1, -0.05) is 18.2 Å². The van der Waals surface area contributed by atoms with Crippen LogP contribution in [-0.2, 0) is 6.42 Å². The van der Waals surface area contributed by atoms with E-state index in [1.165, 1.54) is 17.0 Å². The summed E-state index contributed by atoms with van der Waals surface area (Å²) in [4.78, 5) is 21.2. The van der Waals surface area contributed by atoms with Gasteiger partial charge < -0.3 is 10.4 Å². The normalized spacial score (nSPS) is 12.6. The monoisotopic (exact) mass is 394 g/mol. The van der Waals surface area contributed by atoms with Crippen molar-refractivity contribution in [3.8, 4) is 22.6 Å². The minimum absolute atomic E-state index is 0.00300. The van der Waals surface area contributed by atoms with Crippen LogP contribution in [0.5, 0.6) is 0 Å². The van der Waals surface area contributed by atoms with Crippen LogP contribution in [0, 0.1) is 10.1 Å². The first-order valence-electron chi connectivity index (χ1n) is 8.90. The maximum atomic E-state index is 10.9. The Morgan fingerprint density at radius 3 is 2.68 bits per heavy atom. The molecule has 8 heteroatoms. The molecule has 7 nitrogen and oxygen atoms in total. The summed E-state index contributed by atoms with van der Waals surface area (Å²) in [7, 11) is 0. The topological polar surface area (TPSA) is 101 Å². The third-order valence-electron chi connectivity index (χ3n) is 4.50. The van der Waals surface area contributed by atoms with Gasteiger partial charge in [0.2, 0.25) is 0 Å².